The van der Waals surface area contributed by atoms with Crippen molar-refractivity contribution in [2.45, 2.75) is 0 Å². The minimum atomic E-state index is -0.480. The van der Waals surface area contributed by atoms with Gasteiger partial charge in [-0.2, -0.15) is 0 Å². The zero-order valence-corrected chi connectivity index (χ0v) is 9.53. The minimum Gasteiger partial charge on any atom is -0.494 e. The first-order chi connectivity index (χ1) is 7.58. The molecule has 1 aromatic rings. The maximum atomic E-state index is 13.4. The number of hydrogen-bond donors (Lipinski definition) is 0. The van der Waals surface area contributed by atoms with E-state index in [0.29, 0.717) is 17.4 Å². The van der Waals surface area contributed by atoms with Gasteiger partial charge in [0.05, 0.1) is 7.11 Å². The highest BCUT2D eigenvalue weighted by atomic mass is 19.1. The van der Waals surface area contributed by atoms with Crippen LogP contribution in [0.25, 0.3) is 5.57 Å². The monoisotopic (exact) mass is 223 g/mol. The molecule has 0 atom stereocenters. The van der Waals surface area contributed by atoms with E-state index < -0.39 is 5.82 Å². The van der Waals surface area contributed by atoms with Crippen LogP contribution in [0.1, 0.15) is 5.56 Å². The number of methoxy groups -OCH3 is 1. The van der Waals surface area contributed by atoms with Crippen molar-refractivity contribution in [1.29, 1.82) is 0 Å². The fourth-order valence-electron chi connectivity index (χ4n) is 1.30. The van der Waals surface area contributed by atoms with Gasteiger partial charge < -0.3 is 9.64 Å². The molecule has 0 amide bonds. The molecule has 3 nitrogen and oxygen atoms in total. The summed E-state index contributed by atoms with van der Waals surface area (Å²) in [7, 11) is 4.99. The molecule has 1 rings (SSSR count). The van der Waals surface area contributed by atoms with Crippen molar-refractivity contribution in [2.24, 2.45) is 0 Å². The van der Waals surface area contributed by atoms with E-state index in [0.717, 1.165) is 0 Å². The highest BCUT2D eigenvalue weighted by molar-refractivity contribution is 6.06. The Kier molecular flexibility index (Phi) is 4.05. The fraction of sp³-hybridized carbons (Fsp3) is 0.250. The largest absolute Gasteiger partial charge is 0.494 e. The van der Waals surface area contributed by atoms with Gasteiger partial charge in [0.2, 0.25) is 0 Å². The summed E-state index contributed by atoms with van der Waals surface area (Å²) in [5.74, 6) is -0.314. The molecule has 0 heterocycles. The second-order valence-corrected chi connectivity index (χ2v) is 3.52. The van der Waals surface area contributed by atoms with Gasteiger partial charge in [-0.3, -0.25) is 4.79 Å². The Bertz CT molecular complexity index is 413. The maximum absolute atomic E-state index is 13.4. The molecule has 0 radical (unpaired) electrons. The van der Waals surface area contributed by atoms with Crippen LogP contribution >= 0.6 is 0 Å². The highest BCUT2D eigenvalue weighted by Crippen LogP contribution is 2.21. The van der Waals surface area contributed by atoms with Crippen LogP contribution in [-0.2, 0) is 4.79 Å². The number of halogens is 1. The third kappa shape index (κ3) is 2.82. The van der Waals surface area contributed by atoms with Gasteiger partial charge in [0.1, 0.15) is 0 Å². The van der Waals surface area contributed by atoms with Crippen LogP contribution in [0.5, 0.6) is 5.75 Å². The molecule has 0 aromatic heterocycles. The second kappa shape index (κ2) is 5.30. The van der Waals surface area contributed by atoms with Gasteiger partial charge in [0.25, 0.3) is 0 Å². The molecule has 0 N–H and O–H groups in total. The molecule has 86 valence electrons. The minimum absolute atomic E-state index is 0.166. The van der Waals surface area contributed by atoms with Gasteiger partial charge in [0, 0.05) is 25.9 Å². The molecular formula is C12H14FNO2. The van der Waals surface area contributed by atoms with Crippen LogP contribution in [0.4, 0.5) is 4.39 Å². The average Bonchev–Trinajstić information content (AvgIpc) is 2.25. The van der Waals surface area contributed by atoms with E-state index in [2.05, 4.69) is 0 Å². The zero-order valence-electron chi connectivity index (χ0n) is 9.53. The number of nitrogens with zero attached hydrogens (tertiary/aromatic N) is 1. The lowest BCUT2D eigenvalue weighted by atomic mass is 10.1. The summed E-state index contributed by atoms with van der Waals surface area (Å²) in [4.78, 5) is 12.6. The van der Waals surface area contributed by atoms with Gasteiger partial charge in [0.15, 0.2) is 17.9 Å². The normalized spacial score (nSPS) is 11.1. The predicted octanol–water partition coefficient (Wildman–Crippen LogP) is 1.94. The number of carbonyl (C=O) groups is 1. The van der Waals surface area contributed by atoms with Gasteiger partial charge in [-0.25, -0.2) is 4.39 Å². The van der Waals surface area contributed by atoms with Gasteiger partial charge >= 0.3 is 0 Å². The Labute approximate surface area is 94.1 Å². The van der Waals surface area contributed by atoms with Gasteiger partial charge in [-0.1, -0.05) is 6.07 Å². The molecule has 0 aliphatic carbocycles. The van der Waals surface area contributed by atoms with E-state index in [-0.39, 0.29) is 5.75 Å². The third-order valence-electron chi connectivity index (χ3n) is 2.01. The molecule has 0 spiro atoms. The number of ether oxygens (including phenoxy) is 1. The fourth-order valence-corrected chi connectivity index (χ4v) is 1.30. The lowest BCUT2D eigenvalue weighted by molar-refractivity contribution is -0.103. The molecular weight excluding hydrogens is 209 g/mol. The SMILES string of the molecule is COc1ccc(/C(C=O)=C/N(C)C)cc1F. The molecule has 16 heavy (non-hydrogen) atoms. The topological polar surface area (TPSA) is 29.5 Å². The first kappa shape index (κ1) is 12.2. The number of rotatable bonds is 4. The summed E-state index contributed by atoms with van der Waals surface area (Å²) in [5.41, 5.74) is 0.952. The lowest BCUT2D eigenvalue weighted by Gasteiger charge is -2.08. The molecule has 0 unspecified atom stereocenters. The van der Waals surface area contributed by atoms with Crippen LogP contribution in [0.2, 0.25) is 0 Å². The van der Waals surface area contributed by atoms with Crippen LogP contribution in [0.15, 0.2) is 24.4 Å². The Hall–Kier alpha value is -1.84. The number of carbonyl (C=O) groups excluding carboxylic acids is 1. The number of hydrogen-bond acceptors (Lipinski definition) is 3. The van der Waals surface area contributed by atoms with Crippen molar-refractivity contribution < 1.29 is 13.9 Å². The van der Waals surface area contributed by atoms with Crippen molar-refractivity contribution in [1.82, 2.24) is 4.90 Å². The smallest absolute Gasteiger partial charge is 0.165 e. The van der Waals surface area contributed by atoms with Crippen molar-refractivity contribution >= 4 is 11.9 Å². The summed E-state index contributed by atoms with van der Waals surface area (Å²) in [6, 6.07) is 4.42. The van der Waals surface area contributed by atoms with E-state index in [9.17, 15) is 9.18 Å². The Morgan fingerprint density at radius 1 is 1.44 bits per heavy atom. The molecule has 0 saturated carbocycles. The van der Waals surface area contributed by atoms with Gasteiger partial charge in [-0.05, 0) is 17.7 Å². The summed E-state index contributed by atoms with van der Waals surface area (Å²) >= 11 is 0. The maximum Gasteiger partial charge on any atom is 0.165 e. The third-order valence-corrected chi connectivity index (χ3v) is 2.01. The quantitative estimate of drug-likeness (QED) is 0.577. The molecule has 0 fully saturated rings. The lowest BCUT2D eigenvalue weighted by Crippen LogP contribution is -2.03. The first-order valence-electron chi connectivity index (χ1n) is 4.76. The van der Waals surface area contributed by atoms with Crippen LogP contribution in [-0.4, -0.2) is 32.4 Å². The van der Waals surface area contributed by atoms with Crippen molar-refractivity contribution in [3.63, 3.8) is 0 Å². The van der Waals surface area contributed by atoms with Crippen molar-refractivity contribution in [3.05, 3.63) is 35.8 Å². The molecule has 0 aliphatic rings. The Balaban J connectivity index is 3.13. The van der Waals surface area contributed by atoms with Crippen LogP contribution < -0.4 is 4.74 Å². The van der Waals surface area contributed by atoms with E-state index in [4.69, 9.17) is 4.74 Å². The van der Waals surface area contributed by atoms with Crippen molar-refractivity contribution in [3.8, 4) is 5.75 Å². The summed E-state index contributed by atoms with van der Waals surface area (Å²) in [6.45, 7) is 0. The van der Waals surface area contributed by atoms with E-state index in [1.165, 1.54) is 19.2 Å². The number of allylic oxidation sites excluding steroid dienone is 1. The second-order valence-electron chi connectivity index (χ2n) is 3.52. The van der Waals surface area contributed by atoms with Crippen LogP contribution in [0, 0.1) is 5.82 Å². The average molecular weight is 223 g/mol. The van der Waals surface area contributed by atoms with Gasteiger partial charge in [-0.15, -0.1) is 0 Å². The zero-order chi connectivity index (χ0) is 12.1. The predicted molar refractivity (Wildman–Crippen MR) is 60.7 cm³/mol. The van der Waals surface area contributed by atoms with Crippen molar-refractivity contribution in [2.75, 3.05) is 21.2 Å². The standard InChI is InChI=1S/C12H14FNO2/c1-14(2)7-10(8-15)9-4-5-12(16-3)11(13)6-9/h4-8H,1-3H3/b10-7+. The van der Waals surface area contributed by atoms with E-state index >= 15 is 0 Å². The first-order valence-corrected chi connectivity index (χ1v) is 4.76. The Morgan fingerprint density at radius 3 is 2.56 bits per heavy atom. The molecule has 4 heteroatoms. The Morgan fingerprint density at radius 2 is 2.12 bits per heavy atom. The molecule has 0 saturated heterocycles. The summed E-state index contributed by atoms with van der Waals surface area (Å²) < 4.78 is 18.2. The number of aldehydes is 1. The number of benzene rings is 1. The molecule has 1 aromatic carbocycles. The van der Waals surface area contributed by atoms with Crippen LogP contribution in [0.3, 0.4) is 0 Å². The van der Waals surface area contributed by atoms with E-state index in [1.54, 1.807) is 31.3 Å². The highest BCUT2D eigenvalue weighted by Gasteiger charge is 2.06. The molecule has 0 bridgehead atoms. The summed E-state index contributed by atoms with van der Waals surface area (Å²) in [6.07, 6.45) is 2.33. The van der Waals surface area contributed by atoms with E-state index in [1.807, 2.05) is 0 Å². The molecule has 0 aliphatic heterocycles. The summed E-state index contributed by atoms with van der Waals surface area (Å²) in [5, 5.41) is 0.